The van der Waals surface area contributed by atoms with Gasteiger partial charge in [-0.1, -0.05) is 12.1 Å². The van der Waals surface area contributed by atoms with Crippen LogP contribution in [0.4, 0.5) is 5.69 Å². The van der Waals surface area contributed by atoms with Crippen LogP contribution in [-0.2, 0) is 0 Å². The third kappa shape index (κ3) is 3.47. The summed E-state index contributed by atoms with van der Waals surface area (Å²) in [4.78, 5) is 12.4. The summed E-state index contributed by atoms with van der Waals surface area (Å²) < 4.78 is 5.96. The highest BCUT2D eigenvalue weighted by atomic mass is 127. The Hall–Kier alpha value is -2.49. The monoisotopic (exact) mass is 421 g/mol. The zero-order valence-electron chi connectivity index (χ0n) is 12.1. The lowest BCUT2D eigenvalue weighted by atomic mass is 10.1. The molecule has 116 valence electrons. The first kappa shape index (κ1) is 15.4. The quantitative estimate of drug-likeness (QED) is 0.633. The molecule has 0 fully saturated rings. The summed E-state index contributed by atoms with van der Waals surface area (Å²) in [7, 11) is 1.59. The fourth-order valence-electron chi connectivity index (χ4n) is 2.03. The van der Waals surface area contributed by atoms with Crippen molar-refractivity contribution in [1.29, 1.82) is 0 Å². The molecule has 1 amide bonds. The third-order valence-corrected chi connectivity index (χ3v) is 4.04. The summed E-state index contributed by atoms with van der Waals surface area (Å²) in [6.07, 6.45) is 0. The lowest BCUT2D eigenvalue weighted by Crippen LogP contribution is -2.13. The average molecular weight is 421 g/mol. The van der Waals surface area contributed by atoms with Crippen LogP contribution < -0.4 is 10.1 Å². The molecule has 2 N–H and O–H groups in total. The van der Waals surface area contributed by atoms with Crippen molar-refractivity contribution < 1.29 is 9.53 Å². The maximum atomic E-state index is 12.4. The van der Waals surface area contributed by atoms with E-state index in [0.717, 1.165) is 9.13 Å². The van der Waals surface area contributed by atoms with Gasteiger partial charge in [-0.05, 0) is 58.1 Å². The molecule has 0 spiro atoms. The van der Waals surface area contributed by atoms with Crippen molar-refractivity contribution in [3.8, 4) is 17.1 Å². The highest BCUT2D eigenvalue weighted by molar-refractivity contribution is 14.1. The number of halogens is 1. The van der Waals surface area contributed by atoms with Crippen molar-refractivity contribution >= 4 is 34.2 Å². The molecule has 0 aliphatic carbocycles. The third-order valence-electron chi connectivity index (χ3n) is 3.14. The predicted octanol–water partition coefficient (Wildman–Crippen LogP) is 2.73. The zero-order valence-corrected chi connectivity index (χ0v) is 14.2. The number of amides is 1. The van der Waals surface area contributed by atoms with Crippen molar-refractivity contribution in [2.24, 2.45) is 0 Å². The van der Waals surface area contributed by atoms with E-state index in [9.17, 15) is 4.79 Å². The van der Waals surface area contributed by atoms with Gasteiger partial charge in [-0.2, -0.15) is 5.21 Å². The number of H-pyrrole nitrogens is 1. The van der Waals surface area contributed by atoms with E-state index < -0.39 is 0 Å². The van der Waals surface area contributed by atoms with E-state index in [2.05, 4.69) is 48.5 Å². The van der Waals surface area contributed by atoms with Gasteiger partial charge in [0.2, 0.25) is 5.82 Å². The van der Waals surface area contributed by atoms with Gasteiger partial charge in [0.1, 0.15) is 5.75 Å². The molecule has 2 aromatic carbocycles. The Morgan fingerprint density at radius 3 is 2.83 bits per heavy atom. The van der Waals surface area contributed by atoms with Crippen molar-refractivity contribution in [2.45, 2.75) is 0 Å². The second-order valence-corrected chi connectivity index (χ2v) is 5.78. The molecule has 0 saturated carbocycles. The van der Waals surface area contributed by atoms with Gasteiger partial charge in [0, 0.05) is 14.8 Å². The number of anilines is 1. The highest BCUT2D eigenvalue weighted by Crippen LogP contribution is 2.22. The Morgan fingerprint density at radius 2 is 2.13 bits per heavy atom. The molecule has 3 rings (SSSR count). The van der Waals surface area contributed by atoms with Gasteiger partial charge in [0.25, 0.3) is 5.91 Å². The first-order chi connectivity index (χ1) is 11.2. The number of hydrogen-bond acceptors (Lipinski definition) is 5. The Morgan fingerprint density at radius 1 is 1.26 bits per heavy atom. The Bertz CT molecular complexity index is 836. The molecule has 0 atom stereocenters. The van der Waals surface area contributed by atoms with Crippen LogP contribution in [0.1, 0.15) is 10.4 Å². The molecule has 0 radical (unpaired) electrons. The number of carbonyl (C=O) groups excluding carboxylic acids is 1. The van der Waals surface area contributed by atoms with Crippen LogP contribution in [0.15, 0.2) is 42.5 Å². The normalized spacial score (nSPS) is 10.3. The average Bonchev–Trinajstić information content (AvgIpc) is 3.09. The van der Waals surface area contributed by atoms with Crippen molar-refractivity contribution in [3.05, 3.63) is 51.6 Å². The molecule has 7 nitrogen and oxygen atoms in total. The summed E-state index contributed by atoms with van der Waals surface area (Å²) >= 11 is 2.11. The second kappa shape index (κ2) is 6.73. The summed E-state index contributed by atoms with van der Waals surface area (Å²) in [6.45, 7) is 0. The van der Waals surface area contributed by atoms with E-state index in [4.69, 9.17) is 4.74 Å². The van der Waals surface area contributed by atoms with Gasteiger partial charge in [-0.25, -0.2) is 0 Å². The maximum Gasteiger partial charge on any atom is 0.256 e. The number of nitrogens with one attached hydrogen (secondary N) is 2. The lowest BCUT2D eigenvalue weighted by molar-refractivity contribution is 0.102. The van der Waals surface area contributed by atoms with E-state index in [0.29, 0.717) is 22.8 Å². The Balaban J connectivity index is 1.82. The number of nitrogens with zero attached hydrogens (tertiary/aromatic N) is 3. The summed E-state index contributed by atoms with van der Waals surface area (Å²) in [5, 5.41) is 16.6. The van der Waals surface area contributed by atoms with Crippen molar-refractivity contribution in [1.82, 2.24) is 20.6 Å². The van der Waals surface area contributed by atoms with E-state index in [1.807, 2.05) is 18.2 Å². The maximum absolute atomic E-state index is 12.4. The second-order valence-electron chi connectivity index (χ2n) is 4.62. The lowest BCUT2D eigenvalue weighted by Gasteiger charge is -2.09. The number of ether oxygens (including phenoxy) is 1. The summed E-state index contributed by atoms with van der Waals surface area (Å²) in [5.74, 6) is 0.993. The number of carbonyl (C=O) groups is 1. The Kier molecular flexibility index (Phi) is 4.51. The molecule has 1 heterocycles. The van der Waals surface area contributed by atoms with E-state index >= 15 is 0 Å². The molecule has 0 aliphatic heterocycles. The smallest absolute Gasteiger partial charge is 0.256 e. The number of hydrogen-bond donors (Lipinski definition) is 2. The molecule has 23 heavy (non-hydrogen) atoms. The number of tetrazole rings is 1. The minimum atomic E-state index is -0.192. The number of rotatable bonds is 4. The van der Waals surface area contributed by atoms with Crippen molar-refractivity contribution in [3.63, 3.8) is 0 Å². The number of aromatic nitrogens is 4. The van der Waals surface area contributed by atoms with Gasteiger partial charge < -0.3 is 10.1 Å². The number of methoxy groups -OCH3 is 1. The minimum absolute atomic E-state index is 0.192. The number of benzene rings is 2. The van der Waals surface area contributed by atoms with E-state index in [1.54, 1.807) is 31.4 Å². The van der Waals surface area contributed by atoms with E-state index in [-0.39, 0.29) is 5.91 Å². The van der Waals surface area contributed by atoms with Crippen LogP contribution in [0, 0.1) is 3.57 Å². The molecule has 0 unspecified atom stereocenters. The molecule has 0 aliphatic rings. The fraction of sp³-hybridized carbons (Fsp3) is 0.0667. The first-order valence-corrected chi connectivity index (χ1v) is 7.74. The van der Waals surface area contributed by atoms with E-state index in [1.165, 1.54) is 0 Å². The molecule has 0 bridgehead atoms. The van der Waals surface area contributed by atoms with Gasteiger partial charge in [0.15, 0.2) is 0 Å². The first-order valence-electron chi connectivity index (χ1n) is 6.66. The Labute approximate surface area is 145 Å². The van der Waals surface area contributed by atoms with Gasteiger partial charge in [-0.15, -0.1) is 10.2 Å². The van der Waals surface area contributed by atoms with Crippen LogP contribution in [0.3, 0.4) is 0 Å². The fourth-order valence-corrected chi connectivity index (χ4v) is 2.76. The van der Waals surface area contributed by atoms with Crippen molar-refractivity contribution in [2.75, 3.05) is 12.4 Å². The zero-order chi connectivity index (χ0) is 16.2. The molecule has 1 aromatic heterocycles. The van der Waals surface area contributed by atoms with Gasteiger partial charge in [0.05, 0.1) is 12.7 Å². The van der Waals surface area contributed by atoms with Crippen LogP contribution in [-0.4, -0.2) is 33.6 Å². The van der Waals surface area contributed by atoms with Crippen LogP contribution >= 0.6 is 22.6 Å². The minimum Gasteiger partial charge on any atom is -0.497 e. The van der Waals surface area contributed by atoms with Crippen LogP contribution in [0.25, 0.3) is 11.4 Å². The molecular weight excluding hydrogens is 409 g/mol. The van der Waals surface area contributed by atoms with Crippen LogP contribution in [0.2, 0.25) is 0 Å². The summed E-state index contributed by atoms with van der Waals surface area (Å²) in [6, 6.07) is 12.6. The molecule has 8 heteroatoms. The molecule has 3 aromatic rings. The standard InChI is InChI=1S/C15H12IN5O2/c1-23-11-5-6-12(13(16)8-11)15(22)17-10-4-2-3-9(7-10)14-18-20-21-19-14/h2-8H,1H3,(H,17,22)(H,18,19,20,21). The topological polar surface area (TPSA) is 92.8 Å². The van der Waals surface area contributed by atoms with Crippen LogP contribution in [0.5, 0.6) is 5.75 Å². The van der Waals surface area contributed by atoms with Gasteiger partial charge in [-0.3, -0.25) is 4.79 Å². The summed E-state index contributed by atoms with van der Waals surface area (Å²) in [5.41, 5.74) is 2.00. The SMILES string of the molecule is COc1ccc(C(=O)Nc2cccc(-c3nn[nH]n3)c2)c(I)c1. The number of aromatic amines is 1. The predicted molar refractivity (Wildman–Crippen MR) is 93.3 cm³/mol. The highest BCUT2D eigenvalue weighted by Gasteiger charge is 2.12. The molecule has 0 saturated heterocycles. The molecular formula is C15H12IN5O2. The largest absolute Gasteiger partial charge is 0.497 e. The van der Waals surface area contributed by atoms with Gasteiger partial charge >= 0.3 is 0 Å².